The summed E-state index contributed by atoms with van der Waals surface area (Å²) in [6.45, 7) is 6.00. The lowest BCUT2D eigenvalue weighted by Gasteiger charge is -2.22. The van der Waals surface area contributed by atoms with Crippen molar-refractivity contribution >= 4 is 12.2 Å². The molecule has 2 amide bonds. The van der Waals surface area contributed by atoms with Gasteiger partial charge in [0.15, 0.2) is 0 Å². The van der Waals surface area contributed by atoms with Crippen LogP contribution in [0.5, 0.6) is 5.75 Å². The standard InChI is InChI=1S/C24H41N3O2/c1-3-5-7-9-11-15-19-27(20-16-12-10-8-6-4-2)24(29)26-25-21-22-17-13-14-18-23(22)28/h13-14,17-18,21,28H,3-12,15-16,19-20H2,1-2H3,(H,26,29)/b25-21+. The van der Waals surface area contributed by atoms with E-state index in [1.807, 2.05) is 11.0 Å². The third-order valence-corrected chi connectivity index (χ3v) is 5.15. The number of para-hydroxylation sites is 1. The number of carbonyl (C=O) groups excluding carboxylic acids is 1. The molecule has 164 valence electrons. The van der Waals surface area contributed by atoms with Gasteiger partial charge in [0.25, 0.3) is 0 Å². The monoisotopic (exact) mass is 403 g/mol. The maximum Gasteiger partial charge on any atom is 0.337 e. The van der Waals surface area contributed by atoms with Gasteiger partial charge in [0.2, 0.25) is 0 Å². The fourth-order valence-electron chi connectivity index (χ4n) is 3.31. The van der Waals surface area contributed by atoms with Gasteiger partial charge in [-0.05, 0) is 25.0 Å². The Kier molecular flexibility index (Phi) is 14.5. The zero-order valence-electron chi connectivity index (χ0n) is 18.5. The van der Waals surface area contributed by atoms with Crippen LogP contribution in [0.4, 0.5) is 4.79 Å². The lowest BCUT2D eigenvalue weighted by Crippen LogP contribution is -2.39. The number of carbonyl (C=O) groups is 1. The highest BCUT2D eigenvalue weighted by Crippen LogP contribution is 2.13. The summed E-state index contributed by atoms with van der Waals surface area (Å²) in [6.07, 6.45) is 16.0. The first-order chi connectivity index (χ1) is 14.2. The van der Waals surface area contributed by atoms with Crippen LogP contribution in [0.25, 0.3) is 0 Å². The van der Waals surface area contributed by atoms with Gasteiger partial charge < -0.3 is 10.0 Å². The van der Waals surface area contributed by atoms with Crippen LogP contribution in [-0.2, 0) is 0 Å². The second-order valence-electron chi connectivity index (χ2n) is 7.76. The van der Waals surface area contributed by atoms with Gasteiger partial charge in [-0.15, -0.1) is 0 Å². The van der Waals surface area contributed by atoms with Gasteiger partial charge in [0.05, 0.1) is 6.21 Å². The van der Waals surface area contributed by atoms with Crippen molar-refractivity contribution in [2.75, 3.05) is 13.1 Å². The lowest BCUT2D eigenvalue weighted by molar-refractivity contribution is 0.195. The Labute approximate surface area is 177 Å². The van der Waals surface area contributed by atoms with Crippen LogP contribution in [0.2, 0.25) is 0 Å². The summed E-state index contributed by atoms with van der Waals surface area (Å²) in [5, 5.41) is 13.8. The largest absolute Gasteiger partial charge is 0.507 e. The number of hydrazone groups is 1. The molecule has 0 aliphatic rings. The third-order valence-electron chi connectivity index (χ3n) is 5.15. The summed E-state index contributed by atoms with van der Waals surface area (Å²) in [7, 11) is 0. The number of hydrogen-bond donors (Lipinski definition) is 2. The van der Waals surface area contributed by atoms with Crippen molar-refractivity contribution in [1.29, 1.82) is 0 Å². The molecular formula is C24H41N3O2. The zero-order chi connectivity index (χ0) is 21.2. The number of amides is 2. The minimum absolute atomic E-state index is 0.154. The SMILES string of the molecule is CCCCCCCCN(CCCCCCCC)C(=O)N/N=C/c1ccccc1O. The summed E-state index contributed by atoms with van der Waals surface area (Å²) < 4.78 is 0. The van der Waals surface area contributed by atoms with Gasteiger partial charge in [-0.25, -0.2) is 10.2 Å². The van der Waals surface area contributed by atoms with Gasteiger partial charge in [0, 0.05) is 18.7 Å². The van der Waals surface area contributed by atoms with E-state index in [2.05, 4.69) is 24.4 Å². The molecular weight excluding hydrogens is 362 g/mol. The maximum atomic E-state index is 12.6. The molecule has 0 saturated carbocycles. The number of aromatic hydroxyl groups is 1. The molecule has 2 N–H and O–H groups in total. The topological polar surface area (TPSA) is 64.9 Å². The number of benzene rings is 1. The molecule has 1 aromatic carbocycles. The highest BCUT2D eigenvalue weighted by atomic mass is 16.3. The van der Waals surface area contributed by atoms with Crippen LogP contribution in [0.15, 0.2) is 29.4 Å². The van der Waals surface area contributed by atoms with Crippen molar-refractivity contribution in [3.05, 3.63) is 29.8 Å². The van der Waals surface area contributed by atoms with E-state index in [-0.39, 0.29) is 11.8 Å². The van der Waals surface area contributed by atoms with Gasteiger partial charge >= 0.3 is 6.03 Å². The van der Waals surface area contributed by atoms with E-state index in [1.165, 1.54) is 70.4 Å². The minimum Gasteiger partial charge on any atom is -0.507 e. The molecule has 0 saturated heterocycles. The Balaban J connectivity index is 2.44. The van der Waals surface area contributed by atoms with Crippen molar-refractivity contribution in [2.45, 2.75) is 90.9 Å². The number of nitrogens with one attached hydrogen (secondary N) is 1. The predicted molar refractivity (Wildman–Crippen MR) is 123 cm³/mol. The van der Waals surface area contributed by atoms with Crippen LogP contribution in [0.3, 0.4) is 0 Å². The first-order valence-electron chi connectivity index (χ1n) is 11.5. The Morgan fingerprint density at radius 3 is 1.97 bits per heavy atom. The van der Waals surface area contributed by atoms with E-state index in [1.54, 1.807) is 18.2 Å². The molecule has 0 radical (unpaired) electrons. The molecule has 29 heavy (non-hydrogen) atoms. The Morgan fingerprint density at radius 2 is 1.41 bits per heavy atom. The predicted octanol–water partition coefficient (Wildman–Crippen LogP) is 6.46. The van der Waals surface area contributed by atoms with Gasteiger partial charge in [-0.3, -0.25) is 0 Å². The molecule has 5 heteroatoms. The van der Waals surface area contributed by atoms with Crippen LogP contribution >= 0.6 is 0 Å². The van der Waals surface area contributed by atoms with E-state index in [9.17, 15) is 9.90 Å². The van der Waals surface area contributed by atoms with E-state index < -0.39 is 0 Å². The molecule has 0 aromatic heterocycles. The molecule has 0 spiro atoms. The fourth-order valence-corrected chi connectivity index (χ4v) is 3.31. The van der Waals surface area contributed by atoms with E-state index >= 15 is 0 Å². The number of phenols is 1. The molecule has 0 heterocycles. The normalized spacial score (nSPS) is 11.1. The Morgan fingerprint density at radius 1 is 0.897 bits per heavy atom. The molecule has 0 fully saturated rings. The highest BCUT2D eigenvalue weighted by molar-refractivity contribution is 5.84. The minimum atomic E-state index is -0.154. The Hall–Kier alpha value is -2.04. The molecule has 0 unspecified atom stereocenters. The molecule has 5 nitrogen and oxygen atoms in total. The number of hydrogen-bond acceptors (Lipinski definition) is 3. The summed E-state index contributed by atoms with van der Waals surface area (Å²) in [5.74, 6) is 0.154. The van der Waals surface area contributed by atoms with Crippen LogP contribution in [-0.4, -0.2) is 35.3 Å². The number of rotatable bonds is 16. The maximum absolute atomic E-state index is 12.6. The number of phenolic OH excluding ortho intramolecular Hbond substituents is 1. The van der Waals surface area contributed by atoms with Crippen LogP contribution in [0, 0.1) is 0 Å². The second-order valence-corrected chi connectivity index (χ2v) is 7.76. The number of unbranched alkanes of at least 4 members (excludes halogenated alkanes) is 10. The molecule has 0 bridgehead atoms. The number of nitrogens with zero attached hydrogens (tertiary/aromatic N) is 2. The molecule has 0 atom stereocenters. The van der Waals surface area contributed by atoms with Gasteiger partial charge in [-0.1, -0.05) is 90.2 Å². The molecule has 1 aromatic rings. The van der Waals surface area contributed by atoms with Crippen molar-refractivity contribution in [3.63, 3.8) is 0 Å². The summed E-state index contributed by atoms with van der Waals surface area (Å²) in [6, 6.07) is 6.79. The molecule has 1 rings (SSSR count). The average molecular weight is 404 g/mol. The quantitative estimate of drug-likeness (QED) is 0.189. The van der Waals surface area contributed by atoms with Crippen molar-refractivity contribution in [2.24, 2.45) is 5.10 Å². The number of urea groups is 1. The fraction of sp³-hybridized carbons (Fsp3) is 0.667. The van der Waals surface area contributed by atoms with Gasteiger partial charge in [0.1, 0.15) is 5.75 Å². The average Bonchev–Trinajstić information content (AvgIpc) is 2.72. The third kappa shape index (κ3) is 12.2. The molecule has 0 aliphatic carbocycles. The smallest absolute Gasteiger partial charge is 0.337 e. The molecule has 0 aliphatic heterocycles. The highest BCUT2D eigenvalue weighted by Gasteiger charge is 2.12. The summed E-state index contributed by atoms with van der Waals surface area (Å²) in [5.41, 5.74) is 3.22. The van der Waals surface area contributed by atoms with E-state index in [4.69, 9.17) is 0 Å². The second kappa shape index (κ2) is 16.9. The van der Waals surface area contributed by atoms with Crippen LogP contribution < -0.4 is 5.43 Å². The summed E-state index contributed by atoms with van der Waals surface area (Å²) >= 11 is 0. The van der Waals surface area contributed by atoms with Crippen molar-refractivity contribution in [1.82, 2.24) is 10.3 Å². The Bertz CT molecular complexity index is 559. The van der Waals surface area contributed by atoms with E-state index in [0.717, 1.165) is 25.9 Å². The summed E-state index contributed by atoms with van der Waals surface area (Å²) in [4.78, 5) is 14.5. The van der Waals surface area contributed by atoms with Crippen LogP contribution in [0.1, 0.15) is 96.5 Å². The van der Waals surface area contributed by atoms with Crippen molar-refractivity contribution < 1.29 is 9.90 Å². The zero-order valence-corrected chi connectivity index (χ0v) is 18.5. The first kappa shape index (κ1) is 25.0. The van der Waals surface area contributed by atoms with Crippen molar-refractivity contribution in [3.8, 4) is 5.75 Å². The van der Waals surface area contributed by atoms with E-state index in [0.29, 0.717) is 5.56 Å². The van der Waals surface area contributed by atoms with Gasteiger partial charge in [-0.2, -0.15) is 5.10 Å². The lowest BCUT2D eigenvalue weighted by atomic mass is 10.1. The first-order valence-corrected chi connectivity index (χ1v) is 11.5.